The minimum Gasteiger partial charge on any atom is -0.463 e. The van der Waals surface area contributed by atoms with Crippen LogP contribution in [0.1, 0.15) is 11.1 Å². The van der Waals surface area contributed by atoms with Gasteiger partial charge in [0.25, 0.3) is 0 Å². The first-order chi connectivity index (χ1) is 38.0. The number of halogens is 8. The maximum atomic E-state index is 12.6. The fourth-order valence-electron chi connectivity index (χ4n) is 7.06. The summed E-state index contributed by atoms with van der Waals surface area (Å²) in [7, 11) is -10.0. The van der Waals surface area contributed by atoms with E-state index in [1.54, 1.807) is 11.8 Å². The Morgan fingerprint density at radius 2 is 0.696 bits per heavy atom. The molecule has 17 nitrogen and oxygen atoms in total. The normalized spacial score (nSPS) is 18.3. The van der Waals surface area contributed by atoms with E-state index in [0.717, 1.165) is 56.5 Å². The molecule has 0 aliphatic carbocycles. The van der Waals surface area contributed by atoms with Crippen LogP contribution in [0.15, 0.2) is 95.2 Å². The fourth-order valence-corrected chi connectivity index (χ4v) is 8.26. The molecule has 0 unspecified atom stereocenters. The largest absolute Gasteiger partial charge is 0.673 e. The van der Waals surface area contributed by atoms with Gasteiger partial charge in [0, 0.05) is 41.1 Å². The van der Waals surface area contributed by atoms with Crippen molar-refractivity contribution >= 4 is 49.6 Å². The lowest BCUT2D eigenvalue weighted by Crippen LogP contribution is -2.35. The van der Waals surface area contributed by atoms with Crippen LogP contribution in [0.2, 0.25) is 0 Å². The van der Waals surface area contributed by atoms with Crippen molar-refractivity contribution in [3.8, 4) is 11.1 Å². The highest BCUT2D eigenvalue weighted by Gasteiger charge is 2.23. The van der Waals surface area contributed by atoms with Gasteiger partial charge in [0.1, 0.15) is 26.4 Å². The molecule has 0 atom stereocenters. The summed E-state index contributed by atoms with van der Waals surface area (Å²) in [5.41, 5.74) is 6.01. The summed E-state index contributed by atoms with van der Waals surface area (Å²) in [6.45, 7) is 10.9. The van der Waals surface area contributed by atoms with Crippen LogP contribution >= 0.6 is 11.8 Å². The van der Waals surface area contributed by atoms with Crippen LogP contribution in [0, 0.1) is 0 Å². The number of pyridine rings is 2. The number of ether oxygens (including phenoxy) is 12. The van der Waals surface area contributed by atoms with Crippen molar-refractivity contribution in [3.05, 3.63) is 96.6 Å². The van der Waals surface area contributed by atoms with Gasteiger partial charge in [0.05, 0.1) is 143 Å². The molecular weight excluding hydrogens is 1080 g/mol. The molecule has 0 fully saturated rings. The lowest BCUT2D eigenvalue weighted by molar-refractivity contribution is -0.698. The third-order valence-corrected chi connectivity index (χ3v) is 11.9. The molecule has 4 aromatic rings. The number of hydrogen-bond acceptors (Lipinski definition) is 16. The smallest absolute Gasteiger partial charge is 0.463 e. The van der Waals surface area contributed by atoms with Crippen molar-refractivity contribution in [1.82, 2.24) is 0 Å². The second-order valence-corrected chi connectivity index (χ2v) is 17.9. The highest BCUT2D eigenvalue weighted by molar-refractivity contribution is 7.99. The quantitative estimate of drug-likeness (QED) is 0.0783. The molecule has 9 aliphatic rings. The average Bonchev–Trinajstić information content (AvgIpc) is 3.42. The van der Waals surface area contributed by atoms with E-state index in [1.165, 1.54) is 0 Å². The van der Waals surface area contributed by atoms with Gasteiger partial charge in [-0.05, 0) is 46.5 Å². The zero-order valence-corrected chi connectivity index (χ0v) is 44.9. The summed E-state index contributed by atoms with van der Waals surface area (Å²) >= 11 is 1.63. The lowest BCUT2D eigenvalue weighted by Gasteiger charge is -2.30. The molecule has 0 saturated carbocycles. The highest BCUT2D eigenvalue weighted by atomic mass is 32.2. The van der Waals surface area contributed by atoms with Crippen LogP contribution in [-0.2, 0) is 92.4 Å². The van der Waals surface area contributed by atoms with Crippen molar-refractivity contribution in [3.63, 3.8) is 0 Å². The zero-order chi connectivity index (χ0) is 57.0. The third kappa shape index (κ3) is 32.1. The van der Waals surface area contributed by atoms with E-state index < -0.39 is 14.5 Å². The molecule has 11 heterocycles. The SMILES string of the molecule is CN1c2ccc3cc2Sc2ccc(cc21)CC(=O)OCCOCCOCCOCCOCCOCC[n+]1ccc(cc1)-c1cc[n+](cc1)CCOCCOCCOCCOCCOCCOC(=O)C3.F[B-](F)(F)F.F[B-](F)(F)F. The minimum absolute atomic E-state index is 0.147. The molecular formula is C51H69B2F8N3O14S. The molecule has 13 rings (SSSR count). The van der Waals surface area contributed by atoms with E-state index in [0.29, 0.717) is 119 Å². The third-order valence-electron chi connectivity index (χ3n) is 10.7. The van der Waals surface area contributed by atoms with E-state index in [4.69, 9.17) is 56.8 Å². The van der Waals surface area contributed by atoms with E-state index >= 15 is 0 Å². The summed E-state index contributed by atoms with van der Waals surface area (Å²) in [5, 5.41) is 0. The van der Waals surface area contributed by atoms with Gasteiger partial charge in [-0.1, -0.05) is 23.9 Å². The van der Waals surface area contributed by atoms with Gasteiger partial charge in [-0.15, -0.1) is 0 Å². The number of nitrogens with zero attached hydrogens (tertiary/aromatic N) is 3. The molecule has 79 heavy (non-hydrogen) atoms. The van der Waals surface area contributed by atoms with Crippen LogP contribution in [0.3, 0.4) is 0 Å². The predicted molar refractivity (Wildman–Crippen MR) is 275 cm³/mol. The molecule has 0 amide bonds. The molecule has 0 spiro atoms. The first-order valence-corrected chi connectivity index (χ1v) is 26.3. The summed E-state index contributed by atoms with van der Waals surface area (Å²) in [6.07, 6.45) is 8.56. The van der Waals surface area contributed by atoms with Gasteiger partial charge < -0.3 is 96.3 Å². The van der Waals surface area contributed by atoms with Gasteiger partial charge in [-0.2, -0.15) is 0 Å². The van der Waals surface area contributed by atoms with Crippen molar-refractivity contribution in [1.29, 1.82) is 0 Å². The Labute approximate surface area is 459 Å². The number of esters is 2. The van der Waals surface area contributed by atoms with E-state index in [-0.39, 0.29) is 51.2 Å². The monoisotopic (exact) mass is 1150 g/mol. The average molecular weight is 1150 g/mol. The summed E-state index contributed by atoms with van der Waals surface area (Å²) in [4.78, 5) is 29.4. The molecule has 0 radical (unpaired) electrons. The fraction of sp³-hybridized carbons (Fsp3) is 0.529. The van der Waals surface area contributed by atoms with Crippen LogP contribution in [0.4, 0.5) is 45.9 Å². The molecule has 2 aromatic heterocycles. The van der Waals surface area contributed by atoms with Crippen molar-refractivity contribution < 1.29 is 110 Å². The maximum Gasteiger partial charge on any atom is 0.673 e. The Morgan fingerprint density at radius 1 is 0.392 bits per heavy atom. The van der Waals surface area contributed by atoms with Crippen molar-refractivity contribution in [2.45, 2.75) is 35.7 Å². The highest BCUT2D eigenvalue weighted by Crippen LogP contribution is 2.48. The Bertz CT molecular complexity index is 2300. The number of hydrogen-bond donors (Lipinski definition) is 0. The summed E-state index contributed by atoms with van der Waals surface area (Å²) in [5.74, 6) is -0.642. The first kappa shape index (κ1) is 66.5. The van der Waals surface area contributed by atoms with Crippen LogP contribution < -0.4 is 14.0 Å². The Hall–Kier alpha value is -5.00. The topological polar surface area (TPSA) is 156 Å². The zero-order valence-electron chi connectivity index (χ0n) is 44.1. The second-order valence-electron chi connectivity index (χ2n) is 16.8. The van der Waals surface area contributed by atoms with Crippen LogP contribution in [0.25, 0.3) is 11.1 Å². The lowest BCUT2D eigenvalue weighted by atomic mass is 10.1. The number of aromatic nitrogens is 2. The summed E-state index contributed by atoms with van der Waals surface area (Å²) < 4.78 is 149. The van der Waals surface area contributed by atoms with E-state index in [1.807, 2.05) is 43.4 Å². The van der Waals surface area contributed by atoms with Crippen molar-refractivity contribution in [2.75, 3.05) is 157 Å². The molecule has 0 N–H and O–H groups in total. The second kappa shape index (κ2) is 38.6. The molecule has 440 valence electrons. The Balaban J connectivity index is 0.00000123. The van der Waals surface area contributed by atoms with Crippen LogP contribution in [0.5, 0.6) is 0 Å². The number of anilines is 2. The first-order valence-electron chi connectivity index (χ1n) is 25.5. The number of benzene rings is 2. The van der Waals surface area contributed by atoms with Crippen molar-refractivity contribution in [2.24, 2.45) is 0 Å². The standard InChI is InChI=1S/C51H69N3O14S.2BF4/c1-52-46-4-2-43-39-49(46)69-48-5-3-42(38-47(48)52)40-50(55)67-36-34-65-32-30-63-28-26-61-24-22-59-20-18-57-16-14-53-10-6-44(7-11-53)45-8-12-54(13-9-45)15-17-58-19-21-60-23-25-62-27-29-64-31-33-66-35-37-68-51(56)41-43;2*2-1(3,4)5/h2-13,38-39H,14-37,40-41H2,1H3;;/q+2;2*-1. The molecule has 9 aliphatic heterocycles. The van der Waals surface area contributed by atoms with Gasteiger partial charge in [-0.3, -0.25) is 9.59 Å². The number of rotatable bonds is 0. The van der Waals surface area contributed by atoms with E-state index in [9.17, 15) is 44.1 Å². The predicted octanol–water partition coefficient (Wildman–Crippen LogP) is 6.81. The van der Waals surface area contributed by atoms with Gasteiger partial charge >= 0.3 is 26.4 Å². The van der Waals surface area contributed by atoms with E-state index in [2.05, 4.69) is 63.1 Å². The Morgan fingerprint density at radius 3 is 1.05 bits per heavy atom. The maximum absolute atomic E-state index is 12.6. The molecule has 2 aromatic carbocycles. The Kier molecular flexibility index (Phi) is 32.5. The molecule has 10 bridgehead atoms. The number of carbonyl (C=O) groups excluding carboxylic acids is 2. The van der Waals surface area contributed by atoms with Gasteiger partial charge in [0.2, 0.25) is 0 Å². The van der Waals surface area contributed by atoms with Gasteiger partial charge in [-0.25, -0.2) is 9.13 Å². The van der Waals surface area contributed by atoms with Crippen LogP contribution in [-0.4, -0.2) is 179 Å². The molecule has 28 heteroatoms. The van der Waals surface area contributed by atoms with Gasteiger partial charge in [0.15, 0.2) is 37.9 Å². The molecule has 0 saturated heterocycles. The summed E-state index contributed by atoms with van der Waals surface area (Å²) in [6, 6.07) is 20.4. The number of carbonyl (C=O) groups is 2. The minimum atomic E-state index is -6.00.